The molecule has 0 atom stereocenters. The van der Waals surface area contributed by atoms with Crippen LogP contribution in [0.3, 0.4) is 0 Å². The third-order valence-corrected chi connectivity index (χ3v) is 5.49. The molecule has 1 N–H and O–H groups in total. The molecule has 114 valence electrons. The Balaban J connectivity index is 2.54. The number of thiazole rings is 1. The Morgan fingerprint density at radius 1 is 1.10 bits per heavy atom. The zero-order valence-corrected chi connectivity index (χ0v) is 12.3. The van der Waals surface area contributed by atoms with E-state index in [1.54, 1.807) is 6.92 Å². The fourth-order valence-corrected chi connectivity index (χ4v) is 4.15. The van der Waals surface area contributed by atoms with Crippen LogP contribution in [-0.2, 0) is 10.0 Å². The highest BCUT2D eigenvalue weighted by Crippen LogP contribution is 2.29. The van der Waals surface area contributed by atoms with Crippen LogP contribution in [0.4, 0.5) is 23.2 Å². The summed E-state index contributed by atoms with van der Waals surface area (Å²) in [5.41, 5.74) is -1.29. The molecule has 1 aromatic heterocycles. The molecule has 0 amide bonds. The van der Waals surface area contributed by atoms with Crippen molar-refractivity contribution in [3.05, 3.63) is 40.0 Å². The first kappa shape index (κ1) is 15.7. The van der Waals surface area contributed by atoms with Gasteiger partial charge in [-0.05, 0) is 13.8 Å². The van der Waals surface area contributed by atoms with Gasteiger partial charge in [-0.15, -0.1) is 11.3 Å². The van der Waals surface area contributed by atoms with Gasteiger partial charge in [-0.1, -0.05) is 0 Å². The summed E-state index contributed by atoms with van der Waals surface area (Å²) in [6, 6.07) is -0.00936. The minimum atomic E-state index is -4.41. The Bertz CT molecular complexity index is 792. The maximum absolute atomic E-state index is 13.5. The van der Waals surface area contributed by atoms with E-state index in [9.17, 15) is 26.0 Å². The first-order chi connectivity index (χ1) is 9.63. The van der Waals surface area contributed by atoms with E-state index in [4.69, 9.17) is 0 Å². The van der Waals surface area contributed by atoms with Crippen molar-refractivity contribution in [2.75, 3.05) is 4.72 Å². The number of anilines is 1. The standard InChI is InChI=1S/C11H8F4N2O2S2/c1-4-11(20-5(2)16-4)21(18,19)17-10-8(14)6(12)3-7(13)9(10)15/h3,17H,1-2H3. The van der Waals surface area contributed by atoms with E-state index in [-0.39, 0.29) is 16.0 Å². The second-order valence-electron chi connectivity index (χ2n) is 4.05. The van der Waals surface area contributed by atoms with Gasteiger partial charge in [0.25, 0.3) is 10.0 Å². The zero-order valence-electron chi connectivity index (χ0n) is 10.7. The molecule has 1 heterocycles. The molecule has 2 aromatic rings. The number of halogens is 4. The minimum absolute atomic E-state index is 0.00936. The predicted molar refractivity (Wildman–Crippen MR) is 68.7 cm³/mol. The topological polar surface area (TPSA) is 59.1 Å². The van der Waals surface area contributed by atoms with E-state index in [1.807, 2.05) is 0 Å². The van der Waals surface area contributed by atoms with Gasteiger partial charge in [0.2, 0.25) is 0 Å². The summed E-state index contributed by atoms with van der Waals surface area (Å²) in [4.78, 5) is 3.86. The molecule has 21 heavy (non-hydrogen) atoms. The van der Waals surface area contributed by atoms with Crippen molar-refractivity contribution in [3.63, 3.8) is 0 Å². The maximum Gasteiger partial charge on any atom is 0.273 e. The summed E-state index contributed by atoms with van der Waals surface area (Å²) in [6.07, 6.45) is 0. The number of hydrogen-bond donors (Lipinski definition) is 1. The molecule has 0 radical (unpaired) electrons. The molecule has 0 aliphatic heterocycles. The van der Waals surface area contributed by atoms with E-state index in [1.165, 1.54) is 11.6 Å². The lowest BCUT2D eigenvalue weighted by Crippen LogP contribution is -2.16. The van der Waals surface area contributed by atoms with E-state index in [0.717, 1.165) is 11.3 Å². The Kier molecular flexibility index (Phi) is 3.93. The smallest absolute Gasteiger partial charge is 0.273 e. The van der Waals surface area contributed by atoms with Gasteiger partial charge < -0.3 is 0 Å². The molecule has 0 fully saturated rings. The Morgan fingerprint density at radius 2 is 1.62 bits per heavy atom. The van der Waals surface area contributed by atoms with Crippen molar-refractivity contribution in [3.8, 4) is 0 Å². The number of nitrogens with one attached hydrogen (secondary N) is 1. The van der Waals surface area contributed by atoms with E-state index in [2.05, 4.69) is 4.98 Å². The molecule has 0 aliphatic carbocycles. The Morgan fingerprint density at radius 3 is 2.05 bits per heavy atom. The maximum atomic E-state index is 13.5. The first-order valence-electron chi connectivity index (χ1n) is 5.43. The van der Waals surface area contributed by atoms with Gasteiger partial charge in [-0.3, -0.25) is 4.72 Å². The van der Waals surface area contributed by atoms with Crippen molar-refractivity contribution in [2.24, 2.45) is 0 Å². The summed E-state index contributed by atoms with van der Waals surface area (Å²) < 4.78 is 78.4. The Hall–Kier alpha value is -1.68. The molecule has 1 aromatic carbocycles. The highest BCUT2D eigenvalue weighted by Gasteiger charge is 2.27. The summed E-state index contributed by atoms with van der Waals surface area (Å²) in [7, 11) is -4.41. The average molecular weight is 340 g/mol. The van der Waals surface area contributed by atoms with E-state index in [0.29, 0.717) is 5.01 Å². The highest BCUT2D eigenvalue weighted by atomic mass is 32.2. The van der Waals surface area contributed by atoms with E-state index >= 15 is 0 Å². The van der Waals surface area contributed by atoms with Crippen molar-refractivity contribution >= 4 is 27.0 Å². The lowest BCUT2D eigenvalue weighted by Gasteiger charge is -2.10. The van der Waals surface area contributed by atoms with E-state index < -0.39 is 39.0 Å². The molecule has 0 saturated heterocycles. The van der Waals surface area contributed by atoms with Crippen molar-refractivity contribution in [2.45, 2.75) is 18.1 Å². The number of sulfonamides is 1. The summed E-state index contributed by atoms with van der Waals surface area (Å²) in [5, 5.41) is 0.416. The summed E-state index contributed by atoms with van der Waals surface area (Å²) in [6.45, 7) is 2.93. The second kappa shape index (κ2) is 5.26. The van der Waals surface area contributed by atoms with Crippen LogP contribution in [0.2, 0.25) is 0 Å². The second-order valence-corrected chi connectivity index (χ2v) is 7.14. The highest BCUT2D eigenvalue weighted by molar-refractivity contribution is 7.94. The van der Waals surface area contributed by atoms with Gasteiger partial charge >= 0.3 is 0 Å². The SMILES string of the molecule is Cc1nc(C)c(S(=O)(=O)Nc2c(F)c(F)cc(F)c2F)s1. The third kappa shape index (κ3) is 2.86. The lowest BCUT2D eigenvalue weighted by atomic mass is 10.3. The van der Waals surface area contributed by atoms with Crippen LogP contribution in [0.25, 0.3) is 0 Å². The summed E-state index contributed by atoms with van der Waals surface area (Å²) in [5.74, 6) is -7.06. The number of nitrogens with zero attached hydrogens (tertiary/aromatic N) is 1. The Labute approximate surface area is 121 Å². The van der Waals surface area contributed by atoms with Crippen LogP contribution >= 0.6 is 11.3 Å². The average Bonchev–Trinajstić information content (AvgIpc) is 2.72. The van der Waals surface area contributed by atoms with Crippen LogP contribution in [0.15, 0.2) is 10.3 Å². The summed E-state index contributed by atoms with van der Waals surface area (Å²) >= 11 is 0.767. The monoisotopic (exact) mass is 340 g/mol. The van der Waals surface area contributed by atoms with Gasteiger partial charge in [0.1, 0.15) is 5.69 Å². The molecule has 0 unspecified atom stereocenters. The van der Waals surface area contributed by atoms with Crippen LogP contribution in [0.5, 0.6) is 0 Å². The molecule has 0 saturated carbocycles. The van der Waals surface area contributed by atoms with Gasteiger partial charge in [0, 0.05) is 6.07 Å². The van der Waals surface area contributed by atoms with Gasteiger partial charge in [-0.2, -0.15) is 0 Å². The van der Waals surface area contributed by atoms with Crippen LogP contribution in [0.1, 0.15) is 10.7 Å². The predicted octanol–water partition coefficient (Wildman–Crippen LogP) is 3.12. The lowest BCUT2D eigenvalue weighted by molar-refractivity contribution is 0.459. The van der Waals surface area contributed by atoms with Crippen molar-refractivity contribution in [1.29, 1.82) is 0 Å². The number of aromatic nitrogens is 1. The molecule has 4 nitrogen and oxygen atoms in total. The molecule has 2 rings (SSSR count). The minimum Gasteiger partial charge on any atom is -0.273 e. The first-order valence-corrected chi connectivity index (χ1v) is 7.73. The van der Waals surface area contributed by atoms with Gasteiger partial charge in [0.05, 0.1) is 10.7 Å². The van der Waals surface area contributed by atoms with Crippen molar-refractivity contribution < 1.29 is 26.0 Å². The molecule has 0 spiro atoms. The third-order valence-electron chi connectivity index (χ3n) is 2.45. The number of benzene rings is 1. The molecule has 0 aliphatic rings. The molecular weight excluding hydrogens is 332 g/mol. The number of aryl methyl sites for hydroxylation is 2. The van der Waals surface area contributed by atoms with Crippen molar-refractivity contribution in [1.82, 2.24) is 4.98 Å². The van der Waals surface area contributed by atoms with Crippen LogP contribution in [-0.4, -0.2) is 13.4 Å². The fourth-order valence-electron chi connectivity index (χ4n) is 1.61. The quantitative estimate of drug-likeness (QED) is 0.690. The van der Waals surface area contributed by atoms with Gasteiger partial charge in [0.15, 0.2) is 27.5 Å². The van der Waals surface area contributed by atoms with Gasteiger partial charge in [-0.25, -0.2) is 31.0 Å². The largest absolute Gasteiger partial charge is 0.273 e. The normalized spacial score (nSPS) is 11.7. The number of rotatable bonds is 3. The molecular formula is C11H8F4N2O2S2. The zero-order chi connectivity index (χ0) is 15.9. The van der Waals surface area contributed by atoms with Crippen LogP contribution < -0.4 is 4.72 Å². The molecule has 10 heteroatoms. The fraction of sp³-hybridized carbons (Fsp3) is 0.182. The molecule has 0 bridgehead atoms. The van der Waals surface area contributed by atoms with Crippen LogP contribution in [0, 0.1) is 37.1 Å². The number of hydrogen-bond acceptors (Lipinski definition) is 4.